The first-order valence-corrected chi connectivity index (χ1v) is 10.1. The Kier molecular flexibility index (Phi) is 6.18. The zero-order valence-electron chi connectivity index (χ0n) is 17.1. The molecule has 0 aliphatic carbocycles. The second-order valence-corrected chi connectivity index (χ2v) is 7.99. The van der Waals surface area contributed by atoms with E-state index in [1.807, 2.05) is 44.1 Å². The van der Waals surface area contributed by atoms with Crippen LogP contribution >= 0.6 is 0 Å². The van der Waals surface area contributed by atoms with Crippen molar-refractivity contribution in [2.75, 3.05) is 27.2 Å². The molecule has 1 unspecified atom stereocenters. The maximum atomic E-state index is 13.2. The Morgan fingerprint density at radius 3 is 2.25 bits per heavy atom. The Morgan fingerprint density at radius 1 is 1.00 bits per heavy atom. The maximum absolute atomic E-state index is 13.2. The fourth-order valence-corrected chi connectivity index (χ4v) is 4.27. The summed E-state index contributed by atoms with van der Waals surface area (Å²) in [5, 5.41) is 0. The molecule has 1 heterocycles. The van der Waals surface area contributed by atoms with Crippen LogP contribution in [0, 0.1) is 5.41 Å². The number of nitrogens with zero attached hydrogens (tertiary/aromatic N) is 2. The van der Waals surface area contributed by atoms with Crippen molar-refractivity contribution in [1.82, 2.24) is 9.80 Å². The van der Waals surface area contributed by atoms with Crippen molar-refractivity contribution in [3.8, 4) is 11.1 Å². The van der Waals surface area contributed by atoms with Gasteiger partial charge in [-0.1, -0.05) is 61.5 Å². The van der Waals surface area contributed by atoms with Crippen LogP contribution in [0.2, 0.25) is 0 Å². The molecule has 2 amide bonds. The molecule has 1 saturated heterocycles. The molecule has 1 fully saturated rings. The van der Waals surface area contributed by atoms with Crippen LogP contribution in [0.1, 0.15) is 31.7 Å². The molecule has 1 aliphatic heterocycles. The summed E-state index contributed by atoms with van der Waals surface area (Å²) in [6.45, 7) is 3.15. The molecule has 4 heteroatoms. The average molecular weight is 379 g/mol. The lowest BCUT2D eigenvalue weighted by molar-refractivity contribution is -0.147. The highest BCUT2D eigenvalue weighted by Gasteiger charge is 2.44. The molecule has 4 nitrogen and oxygen atoms in total. The van der Waals surface area contributed by atoms with E-state index >= 15 is 0 Å². The van der Waals surface area contributed by atoms with Crippen LogP contribution in [-0.4, -0.2) is 48.8 Å². The third kappa shape index (κ3) is 4.27. The molecule has 0 N–H and O–H groups in total. The first-order valence-electron chi connectivity index (χ1n) is 10.1. The third-order valence-electron chi connectivity index (χ3n) is 5.70. The van der Waals surface area contributed by atoms with Gasteiger partial charge < -0.3 is 9.80 Å². The molecular weight excluding hydrogens is 348 g/mol. The molecule has 1 aliphatic rings. The van der Waals surface area contributed by atoms with E-state index in [2.05, 4.69) is 36.4 Å². The predicted octanol–water partition coefficient (Wildman–Crippen LogP) is 4.00. The highest BCUT2D eigenvalue weighted by molar-refractivity contribution is 5.84. The first kappa shape index (κ1) is 20.1. The Hall–Kier alpha value is -2.62. The number of piperidine rings is 1. The number of rotatable bonds is 5. The van der Waals surface area contributed by atoms with Gasteiger partial charge in [-0.15, -0.1) is 0 Å². The fourth-order valence-electron chi connectivity index (χ4n) is 4.27. The molecule has 0 spiro atoms. The van der Waals surface area contributed by atoms with Gasteiger partial charge in [-0.05, 0) is 36.0 Å². The van der Waals surface area contributed by atoms with Gasteiger partial charge in [0.25, 0.3) is 0 Å². The number of carbonyl (C=O) groups excluding carboxylic acids is 2. The van der Waals surface area contributed by atoms with Gasteiger partial charge in [0.1, 0.15) is 0 Å². The lowest BCUT2D eigenvalue weighted by Gasteiger charge is -2.43. The SMILES string of the molecule is CCC(=O)N1CCCC(Cc2ccc(-c3ccccc3)cc2)(C(=O)N(C)C)C1. The van der Waals surface area contributed by atoms with Crippen LogP contribution in [-0.2, 0) is 16.0 Å². The largest absolute Gasteiger partial charge is 0.348 e. The zero-order chi connectivity index (χ0) is 20.1. The van der Waals surface area contributed by atoms with Gasteiger partial charge in [0.05, 0.1) is 5.41 Å². The van der Waals surface area contributed by atoms with Crippen LogP contribution < -0.4 is 0 Å². The summed E-state index contributed by atoms with van der Waals surface area (Å²) in [4.78, 5) is 29.0. The summed E-state index contributed by atoms with van der Waals surface area (Å²) in [7, 11) is 3.62. The molecular formula is C24H30N2O2. The number of benzene rings is 2. The minimum absolute atomic E-state index is 0.119. The van der Waals surface area contributed by atoms with Crippen molar-refractivity contribution in [1.29, 1.82) is 0 Å². The van der Waals surface area contributed by atoms with E-state index < -0.39 is 5.41 Å². The molecule has 0 aromatic heterocycles. The number of hydrogen-bond acceptors (Lipinski definition) is 2. The highest BCUT2D eigenvalue weighted by Crippen LogP contribution is 2.36. The summed E-state index contributed by atoms with van der Waals surface area (Å²) >= 11 is 0. The van der Waals surface area contributed by atoms with E-state index in [9.17, 15) is 9.59 Å². The topological polar surface area (TPSA) is 40.6 Å². The van der Waals surface area contributed by atoms with Crippen LogP contribution in [0.25, 0.3) is 11.1 Å². The second kappa shape index (κ2) is 8.59. The Morgan fingerprint density at radius 2 is 1.64 bits per heavy atom. The van der Waals surface area contributed by atoms with Crippen molar-refractivity contribution in [3.05, 3.63) is 60.2 Å². The van der Waals surface area contributed by atoms with Crippen molar-refractivity contribution in [2.24, 2.45) is 5.41 Å². The molecule has 1 atom stereocenters. The van der Waals surface area contributed by atoms with Gasteiger partial charge in [-0.3, -0.25) is 9.59 Å². The Balaban J connectivity index is 1.86. The number of hydrogen-bond donors (Lipinski definition) is 0. The van der Waals surface area contributed by atoms with Crippen molar-refractivity contribution < 1.29 is 9.59 Å². The van der Waals surface area contributed by atoms with E-state index in [-0.39, 0.29) is 11.8 Å². The summed E-state index contributed by atoms with van der Waals surface area (Å²) in [5.41, 5.74) is 2.95. The van der Waals surface area contributed by atoms with Gasteiger partial charge in [-0.25, -0.2) is 0 Å². The molecule has 2 aromatic carbocycles. The summed E-state index contributed by atoms with van der Waals surface area (Å²) < 4.78 is 0. The van der Waals surface area contributed by atoms with Crippen LogP contribution in [0.15, 0.2) is 54.6 Å². The molecule has 0 radical (unpaired) electrons. The van der Waals surface area contributed by atoms with Crippen molar-refractivity contribution >= 4 is 11.8 Å². The van der Waals surface area contributed by atoms with Crippen LogP contribution in [0.5, 0.6) is 0 Å². The molecule has 3 rings (SSSR count). The van der Waals surface area contributed by atoms with E-state index in [1.54, 1.807) is 4.90 Å². The van der Waals surface area contributed by atoms with E-state index in [4.69, 9.17) is 0 Å². The monoisotopic (exact) mass is 378 g/mol. The van der Waals surface area contributed by atoms with Crippen LogP contribution in [0.3, 0.4) is 0 Å². The van der Waals surface area contributed by atoms with E-state index in [0.717, 1.165) is 24.9 Å². The van der Waals surface area contributed by atoms with E-state index in [1.165, 1.54) is 11.1 Å². The highest BCUT2D eigenvalue weighted by atomic mass is 16.2. The number of carbonyl (C=O) groups is 2. The molecule has 0 bridgehead atoms. The van der Waals surface area contributed by atoms with Gasteiger partial charge in [0.2, 0.25) is 11.8 Å². The van der Waals surface area contributed by atoms with Gasteiger partial charge >= 0.3 is 0 Å². The normalized spacial score (nSPS) is 19.3. The standard InChI is InChI=1S/C24H30N2O2/c1-4-22(27)26-16-8-15-24(18-26,23(28)25(2)3)17-19-11-13-21(14-12-19)20-9-6-5-7-10-20/h5-7,9-14H,4,8,15-18H2,1-3H3. The summed E-state index contributed by atoms with van der Waals surface area (Å²) in [6.07, 6.45) is 2.83. The fraction of sp³-hybridized carbons (Fsp3) is 0.417. The Labute approximate surface area is 168 Å². The summed E-state index contributed by atoms with van der Waals surface area (Å²) in [5.74, 6) is 0.253. The Bertz CT molecular complexity index is 814. The third-order valence-corrected chi connectivity index (χ3v) is 5.70. The molecule has 2 aromatic rings. The quantitative estimate of drug-likeness (QED) is 0.789. The molecule has 148 valence electrons. The average Bonchev–Trinajstić information content (AvgIpc) is 2.73. The minimum Gasteiger partial charge on any atom is -0.348 e. The first-order chi connectivity index (χ1) is 13.4. The lowest BCUT2D eigenvalue weighted by Crippen LogP contribution is -2.54. The second-order valence-electron chi connectivity index (χ2n) is 7.99. The molecule has 28 heavy (non-hydrogen) atoms. The zero-order valence-corrected chi connectivity index (χ0v) is 17.1. The summed E-state index contributed by atoms with van der Waals surface area (Å²) in [6, 6.07) is 18.8. The lowest BCUT2D eigenvalue weighted by atomic mass is 9.73. The van der Waals surface area contributed by atoms with Gasteiger partial charge in [0, 0.05) is 33.6 Å². The maximum Gasteiger partial charge on any atom is 0.230 e. The molecule has 0 saturated carbocycles. The number of likely N-dealkylation sites (tertiary alicyclic amines) is 1. The predicted molar refractivity (Wildman–Crippen MR) is 113 cm³/mol. The van der Waals surface area contributed by atoms with Gasteiger partial charge in [-0.2, -0.15) is 0 Å². The number of amides is 2. The van der Waals surface area contributed by atoms with Gasteiger partial charge in [0.15, 0.2) is 0 Å². The minimum atomic E-state index is -0.541. The van der Waals surface area contributed by atoms with Crippen molar-refractivity contribution in [3.63, 3.8) is 0 Å². The van der Waals surface area contributed by atoms with E-state index in [0.29, 0.717) is 19.4 Å². The van der Waals surface area contributed by atoms with Crippen LogP contribution in [0.4, 0.5) is 0 Å². The van der Waals surface area contributed by atoms with Crippen molar-refractivity contribution in [2.45, 2.75) is 32.6 Å². The smallest absolute Gasteiger partial charge is 0.230 e.